The molecule has 0 radical (unpaired) electrons. The SMILES string of the molecule is O=C(CCC(=O)N1Cc2ccccc2C#Cc2ccccc21)ON1C(=O)CC(S(=O)(=O)[O-])C1=O.[Na+]. The normalized spacial score (nSPS) is 16.7. The van der Waals surface area contributed by atoms with Crippen LogP contribution in [0.25, 0.3) is 0 Å². The Labute approximate surface area is 223 Å². The Balaban J connectivity index is 0.00000342. The molecule has 10 nitrogen and oxygen atoms in total. The number of hydrogen-bond acceptors (Lipinski definition) is 8. The maximum absolute atomic E-state index is 13.1. The van der Waals surface area contributed by atoms with Crippen LogP contribution in [0.15, 0.2) is 48.5 Å². The van der Waals surface area contributed by atoms with Crippen molar-refractivity contribution >= 4 is 39.5 Å². The van der Waals surface area contributed by atoms with Gasteiger partial charge in [-0.3, -0.25) is 14.4 Å². The van der Waals surface area contributed by atoms with Crippen molar-refractivity contribution in [3.8, 4) is 11.8 Å². The Bertz CT molecular complexity index is 1380. The molecule has 2 aromatic carbocycles. The molecule has 1 saturated heterocycles. The number of amides is 3. The van der Waals surface area contributed by atoms with Crippen LogP contribution < -0.4 is 34.5 Å². The first-order valence-corrected chi connectivity index (χ1v) is 11.6. The van der Waals surface area contributed by atoms with Crippen LogP contribution in [0.1, 0.15) is 36.0 Å². The molecule has 0 saturated carbocycles. The third-order valence-electron chi connectivity index (χ3n) is 5.32. The first kappa shape index (κ1) is 26.6. The number of imide groups is 1. The zero-order valence-electron chi connectivity index (χ0n) is 18.6. The van der Waals surface area contributed by atoms with Gasteiger partial charge in [-0.15, -0.1) is 5.06 Å². The minimum Gasteiger partial charge on any atom is -0.747 e. The van der Waals surface area contributed by atoms with Crippen LogP contribution in [-0.4, -0.2) is 47.0 Å². The fourth-order valence-electron chi connectivity index (χ4n) is 3.60. The Morgan fingerprint density at radius 2 is 1.63 bits per heavy atom. The van der Waals surface area contributed by atoms with E-state index in [1.54, 1.807) is 24.3 Å². The van der Waals surface area contributed by atoms with Crippen molar-refractivity contribution in [3.05, 3.63) is 65.2 Å². The van der Waals surface area contributed by atoms with Crippen LogP contribution in [0.2, 0.25) is 0 Å². The predicted octanol–water partition coefficient (Wildman–Crippen LogP) is -2.15. The quantitative estimate of drug-likeness (QED) is 0.194. The number of benzene rings is 2. The average Bonchev–Trinajstić information content (AvgIpc) is 3.07. The number of anilines is 1. The van der Waals surface area contributed by atoms with E-state index in [0.29, 0.717) is 11.3 Å². The summed E-state index contributed by atoms with van der Waals surface area (Å²) in [6.45, 7) is 0.210. The smallest absolute Gasteiger partial charge is 0.747 e. The molecule has 2 aliphatic rings. The minimum atomic E-state index is -5.08. The van der Waals surface area contributed by atoms with E-state index in [4.69, 9.17) is 0 Å². The molecule has 2 aromatic rings. The fourth-order valence-corrected chi connectivity index (χ4v) is 4.29. The van der Waals surface area contributed by atoms with Crippen molar-refractivity contribution in [1.29, 1.82) is 0 Å². The molecule has 12 heteroatoms. The van der Waals surface area contributed by atoms with E-state index < -0.39 is 51.9 Å². The van der Waals surface area contributed by atoms with Crippen molar-refractivity contribution in [2.45, 2.75) is 31.1 Å². The molecular weight excluding hydrogens is 487 g/mol. The molecule has 1 unspecified atom stereocenters. The van der Waals surface area contributed by atoms with E-state index in [2.05, 4.69) is 16.7 Å². The summed E-state index contributed by atoms with van der Waals surface area (Å²) in [5.41, 5.74) is 2.78. The molecule has 35 heavy (non-hydrogen) atoms. The number of carbonyl (C=O) groups is 4. The van der Waals surface area contributed by atoms with Gasteiger partial charge in [0, 0.05) is 17.5 Å². The first-order chi connectivity index (χ1) is 16.1. The van der Waals surface area contributed by atoms with Crippen LogP contribution in [0.5, 0.6) is 0 Å². The first-order valence-electron chi connectivity index (χ1n) is 10.2. The van der Waals surface area contributed by atoms with E-state index in [-0.39, 0.29) is 47.6 Å². The molecule has 0 spiro atoms. The van der Waals surface area contributed by atoms with Gasteiger partial charge in [-0.1, -0.05) is 42.2 Å². The molecule has 3 amide bonds. The largest absolute Gasteiger partial charge is 1.00 e. The van der Waals surface area contributed by atoms with Crippen molar-refractivity contribution in [2.75, 3.05) is 4.90 Å². The van der Waals surface area contributed by atoms with Crippen LogP contribution in [0, 0.1) is 11.8 Å². The third-order valence-corrected chi connectivity index (χ3v) is 6.39. The maximum atomic E-state index is 13.1. The second kappa shape index (κ2) is 10.7. The van der Waals surface area contributed by atoms with E-state index in [0.717, 1.165) is 11.1 Å². The number of carbonyl (C=O) groups excluding carboxylic acids is 4. The summed E-state index contributed by atoms with van der Waals surface area (Å²) in [4.78, 5) is 55.3. The summed E-state index contributed by atoms with van der Waals surface area (Å²) in [6, 6.07) is 14.4. The summed E-state index contributed by atoms with van der Waals surface area (Å²) >= 11 is 0. The Morgan fingerprint density at radius 3 is 2.31 bits per heavy atom. The van der Waals surface area contributed by atoms with Gasteiger partial charge in [-0.05, 0) is 23.8 Å². The standard InChI is InChI=1S/C23H18N2O8S.Na/c26-20(11-12-22(28)33-25-21(27)13-19(23(25)29)34(30,31)32)24-14-17-7-2-1-5-15(17)9-10-16-6-3-4-8-18(16)24;/h1-8,19H,11-14H2,(H,30,31,32);/q;+1/p-1. The number of nitrogens with zero attached hydrogens (tertiary/aromatic N) is 2. The number of fused-ring (bicyclic) bond motifs is 2. The number of para-hydroxylation sites is 1. The van der Waals surface area contributed by atoms with Gasteiger partial charge in [0.15, 0.2) is 0 Å². The van der Waals surface area contributed by atoms with Gasteiger partial charge in [0.2, 0.25) is 5.91 Å². The summed E-state index contributed by atoms with van der Waals surface area (Å²) in [7, 11) is -5.08. The van der Waals surface area contributed by atoms with E-state index in [1.807, 2.05) is 24.3 Å². The van der Waals surface area contributed by atoms with Gasteiger partial charge in [0.1, 0.15) is 15.4 Å². The zero-order chi connectivity index (χ0) is 24.5. The second-order valence-electron chi connectivity index (χ2n) is 7.58. The molecule has 1 atom stereocenters. The van der Waals surface area contributed by atoms with Crippen LogP contribution in [0.4, 0.5) is 5.69 Å². The third kappa shape index (κ3) is 5.80. The van der Waals surface area contributed by atoms with Crippen LogP contribution >= 0.6 is 0 Å². The van der Waals surface area contributed by atoms with Gasteiger partial charge >= 0.3 is 35.5 Å². The summed E-state index contributed by atoms with van der Waals surface area (Å²) in [5, 5.41) is -2.15. The molecule has 174 valence electrons. The molecule has 1 fully saturated rings. The molecule has 2 aliphatic heterocycles. The Hall–Kier alpha value is -3.01. The molecule has 2 heterocycles. The van der Waals surface area contributed by atoms with Crippen LogP contribution in [-0.2, 0) is 40.7 Å². The molecule has 0 N–H and O–H groups in total. The molecule has 0 bridgehead atoms. The predicted molar refractivity (Wildman–Crippen MR) is 115 cm³/mol. The second-order valence-corrected chi connectivity index (χ2v) is 9.13. The summed E-state index contributed by atoms with van der Waals surface area (Å²) in [5.74, 6) is 2.08. The van der Waals surface area contributed by atoms with Gasteiger partial charge in [-0.2, -0.15) is 0 Å². The Morgan fingerprint density at radius 1 is 1.00 bits per heavy atom. The van der Waals surface area contributed by atoms with Crippen LogP contribution in [0.3, 0.4) is 0 Å². The monoisotopic (exact) mass is 504 g/mol. The van der Waals surface area contributed by atoms with Crippen molar-refractivity contribution in [3.63, 3.8) is 0 Å². The van der Waals surface area contributed by atoms with E-state index in [1.165, 1.54) is 4.90 Å². The van der Waals surface area contributed by atoms with Crippen molar-refractivity contribution in [1.82, 2.24) is 5.06 Å². The van der Waals surface area contributed by atoms with E-state index >= 15 is 0 Å². The summed E-state index contributed by atoms with van der Waals surface area (Å²) < 4.78 is 33.3. The average molecular weight is 504 g/mol. The summed E-state index contributed by atoms with van der Waals surface area (Å²) in [6.07, 6.45) is -1.71. The van der Waals surface area contributed by atoms with Gasteiger partial charge in [0.25, 0.3) is 11.8 Å². The number of rotatable bonds is 5. The molecule has 0 aliphatic carbocycles. The number of hydrogen-bond donors (Lipinski definition) is 0. The fraction of sp³-hybridized carbons (Fsp3) is 0.217. The number of hydroxylamine groups is 2. The van der Waals surface area contributed by atoms with Gasteiger partial charge < -0.3 is 14.3 Å². The topological polar surface area (TPSA) is 141 Å². The molecular formula is C23H17N2NaO8S. The molecule has 0 aromatic heterocycles. The minimum absolute atomic E-state index is 0. The maximum Gasteiger partial charge on any atom is 1.00 e. The molecule has 4 rings (SSSR count). The van der Waals surface area contributed by atoms with Crippen molar-refractivity contribution < 1.29 is 66.5 Å². The zero-order valence-corrected chi connectivity index (χ0v) is 21.4. The Kier molecular flexibility index (Phi) is 8.15. The van der Waals surface area contributed by atoms with Gasteiger partial charge in [-0.25, -0.2) is 13.2 Å². The van der Waals surface area contributed by atoms with Gasteiger partial charge in [0.05, 0.1) is 25.1 Å². The van der Waals surface area contributed by atoms with Crippen molar-refractivity contribution in [2.24, 2.45) is 0 Å². The van der Waals surface area contributed by atoms with E-state index in [9.17, 15) is 32.1 Å².